The maximum atomic E-state index is 5.25. The molecule has 0 bridgehead atoms. The van der Waals surface area contributed by atoms with Crippen LogP contribution in [0.4, 0.5) is 0 Å². The van der Waals surface area contributed by atoms with E-state index in [1.165, 1.54) is 30.4 Å². The third kappa shape index (κ3) is 3.22. The summed E-state index contributed by atoms with van der Waals surface area (Å²) in [5.74, 6) is 1.48. The summed E-state index contributed by atoms with van der Waals surface area (Å²) in [4.78, 5) is 0. The number of methoxy groups -OCH3 is 1. The highest BCUT2D eigenvalue weighted by atomic mass is 79.9. The van der Waals surface area contributed by atoms with Gasteiger partial charge in [0.1, 0.15) is 5.75 Å². The first-order valence-corrected chi connectivity index (χ1v) is 7.73. The molecule has 1 aromatic rings. The highest BCUT2D eigenvalue weighted by Gasteiger charge is 2.34. The average Bonchev–Trinajstić information content (AvgIpc) is 2.35. The van der Waals surface area contributed by atoms with Gasteiger partial charge in [0, 0.05) is 4.47 Å². The fourth-order valence-electron chi connectivity index (χ4n) is 3.13. The third-order valence-electron chi connectivity index (χ3n) is 4.44. The van der Waals surface area contributed by atoms with Crippen molar-refractivity contribution in [1.29, 1.82) is 0 Å². The largest absolute Gasteiger partial charge is 0.497 e. The Hall–Kier alpha value is -0.760. The Balaban J connectivity index is 2.22. The van der Waals surface area contributed by atoms with Gasteiger partial charge in [0.05, 0.1) is 7.11 Å². The van der Waals surface area contributed by atoms with Gasteiger partial charge in [0.25, 0.3) is 0 Å². The summed E-state index contributed by atoms with van der Waals surface area (Å²) in [6.45, 7) is 9.06. The van der Waals surface area contributed by atoms with Gasteiger partial charge < -0.3 is 4.74 Å². The Bertz CT molecular complexity index is 476. The van der Waals surface area contributed by atoms with E-state index in [0.29, 0.717) is 11.3 Å². The monoisotopic (exact) mass is 322 g/mol. The van der Waals surface area contributed by atoms with Gasteiger partial charge in [-0.3, -0.25) is 0 Å². The van der Waals surface area contributed by atoms with Crippen LogP contribution in [0.5, 0.6) is 5.75 Å². The van der Waals surface area contributed by atoms with Crippen LogP contribution < -0.4 is 4.74 Å². The van der Waals surface area contributed by atoms with E-state index in [2.05, 4.69) is 42.4 Å². The number of halogens is 1. The minimum absolute atomic E-state index is 0.356. The SMILES string of the molecule is C=C1CCCC(C)(C)C1Cc1ccc(OC)cc1Br. The van der Waals surface area contributed by atoms with Crippen LogP contribution in [-0.4, -0.2) is 7.11 Å². The number of hydrogen-bond acceptors (Lipinski definition) is 1. The summed E-state index contributed by atoms with van der Waals surface area (Å²) in [6.07, 6.45) is 4.83. The summed E-state index contributed by atoms with van der Waals surface area (Å²) in [6, 6.07) is 6.26. The van der Waals surface area contributed by atoms with E-state index in [1.807, 2.05) is 12.1 Å². The number of hydrogen-bond donors (Lipinski definition) is 0. The Kier molecular flexibility index (Phi) is 4.39. The molecule has 0 saturated heterocycles. The van der Waals surface area contributed by atoms with Crippen molar-refractivity contribution in [2.45, 2.75) is 39.5 Å². The van der Waals surface area contributed by atoms with Crippen molar-refractivity contribution >= 4 is 15.9 Å². The fraction of sp³-hybridized carbons (Fsp3) is 0.529. The van der Waals surface area contributed by atoms with Gasteiger partial charge in [0.2, 0.25) is 0 Å². The van der Waals surface area contributed by atoms with Crippen LogP contribution in [0.15, 0.2) is 34.8 Å². The van der Waals surface area contributed by atoms with Crippen molar-refractivity contribution in [3.05, 3.63) is 40.4 Å². The minimum Gasteiger partial charge on any atom is -0.497 e. The number of allylic oxidation sites excluding steroid dienone is 1. The average molecular weight is 323 g/mol. The topological polar surface area (TPSA) is 9.23 Å². The molecule has 0 aromatic heterocycles. The molecule has 0 radical (unpaired) electrons. The normalized spacial score (nSPS) is 22.3. The minimum atomic E-state index is 0.356. The summed E-state index contributed by atoms with van der Waals surface area (Å²) >= 11 is 3.66. The van der Waals surface area contributed by atoms with E-state index in [0.717, 1.165) is 16.6 Å². The lowest BCUT2D eigenvalue weighted by molar-refractivity contribution is 0.189. The van der Waals surface area contributed by atoms with Crippen LogP contribution in [0.25, 0.3) is 0 Å². The van der Waals surface area contributed by atoms with E-state index < -0.39 is 0 Å². The van der Waals surface area contributed by atoms with E-state index in [4.69, 9.17) is 4.74 Å². The van der Waals surface area contributed by atoms with Crippen molar-refractivity contribution in [2.75, 3.05) is 7.11 Å². The van der Waals surface area contributed by atoms with Crippen LogP contribution in [0.3, 0.4) is 0 Å². The van der Waals surface area contributed by atoms with Crippen LogP contribution >= 0.6 is 15.9 Å². The van der Waals surface area contributed by atoms with E-state index >= 15 is 0 Å². The molecule has 0 heterocycles. The molecule has 1 saturated carbocycles. The molecule has 0 N–H and O–H groups in total. The zero-order chi connectivity index (χ0) is 14.0. The highest BCUT2D eigenvalue weighted by molar-refractivity contribution is 9.10. The molecule has 1 atom stereocenters. The second-order valence-electron chi connectivity index (χ2n) is 6.21. The van der Waals surface area contributed by atoms with Gasteiger partial charge in [-0.25, -0.2) is 0 Å². The van der Waals surface area contributed by atoms with E-state index in [1.54, 1.807) is 7.11 Å². The van der Waals surface area contributed by atoms with Gasteiger partial charge in [-0.15, -0.1) is 0 Å². The Morgan fingerprint density at radius 2 is 2.16 bits per heavy atom. The van der Waals surface area contributed by atoms with Crippen molar-refractivity contribution in [3.8, 4) is 5.75 Å². The second-order valence-corrected chi connectivity index (χ2v) is 7.07. The summed E-state index contributed by atoms with van der Waals surface area (Å²) in [7, 11) is 1.70. The molecule has 1 nitrogen and oxygen atoms in total. The predicted molar refractivity (Wildman–Crippen MR) is 84.7 cm³/mol. The highest BCUT2D eigenvalue weighted by Crippen LogP contribution is 2.45. The number of rotatable bonds is 3. The first-order valence-electron chi connectivity index (χ1n) is 6.94. The Labute approximate surface area is 125 Å². The second kappa shape index (κ2) is 5.70. The molecule has 2 heteroatoms. The van der Waals surface area contributed by atoms with Crippen molar-refractivity contribution in [3.63, 3.8) is 0 Å². The molecule has 0 spiro atoms. The summed E-state index contributed by atoms with van der Waals surface area (Å²) in [5, 5.41) is 0. The van der Waals surface area contributed by atoms with Crippen LogP contribution in [0.2, 0.25) is 0 Å². The molecule has 1 aliphatic rings. The molecule has 1 aromatic carbocycles. The van der Waals surface area contributed by atoms with Crippen LogP contribution in [-0.2, 0) is 6.42 Å². The van der Waals surface area contributed by atoms with Crippen LogP contribution in [0, 0.1) is 11.3 Å². The molecule has 1 unspecified atom stereocenters. The lowest BCUT2D eigenvalue weighted by Gasteiger charge is -2.40. The van der Waals surface area contributed by atoms with E-state index in [9.17, 15) is 0 Å². The molecule has 1 fully saturated rings. The molecule has 2 rings (SSSR count). The summed E-state index contributed by atoms with van der Waals surface area (Å²) < 4.78 is 6.39. The van der Waals surface area contributed by atoms with Gasteiger partial charge in [-0.1, -0.05) is 48.0 Å². The summed E-state index contributed by atoms with van der Waals surface area (Å²) in [5.41, 5.74) is 3.12. The zero-order valence-corrected chi connectivity index (χ0v) is 13.7. The predicted octanol–water partition coefficient (Wildman–Crippen LogP) is 5.38. The quantitative estimate of drug-likeness (QED) is 0.678. The maximum Gasteiger partial charge on any atom is 0.120 e. The first kappa shape index (κ1) is 14.6. The van der Waals surface area contributed by atoms with Gasteiger partial charge in [-0.2, -0.15) is 0 Å². The maximum absolute atomic E-state index is 5.25. The Morgan fingerprint density at radius 3 is 2.74 bits per heavy atom. The molecule has 0 aliphatic heterocycles. The standard InChI is InChI=1S/C17H23BrO/c1-12-6-5-9-17(2,3)15(12)10-13-7-8-14(19-4)11-16(13)18/h7-8,11,15H,1,5-6,9-10H2,2-4H3. The molecule has 1 aliphatic carbocycles. The van der Waals surface area contributed by atoms with E-state index in [-0.39, 0.29) is 0 Å². The first-order chi connectivity index (χ1) is 8.94. The van der Waals surface area contributed by atoms with Gasteiger partial charge in [-0.05, 0) is 54.7 Å². The third-order valence-corrected chi connectivity index (χ3v) is 5.18. The molecular weight excluding hydrogens is 300 g/mol. The molecule has 0 amide bonds. The smallest absolute Gasteiger partial charge is 0.120 e. The van der Waals surface area contributed by atoms with Crippen molar-refractivity contribution in [2.24, 2.45) is 11.3 Å². The molecule has 104 valence electrons. The van der Waals surface area contributed by atoms with Gasteiger partial charge >= 0.3 is 0 Å². The van der Waals surface area contributed by atoms with Crippen molar-refractivity contribution in [1.82, 2.24) is 0 Å². The number of ether oxygens (including phenoxy) is 1. The number of benzene rings is 1. The van der Waals surface area contributed by atoms with Crippen molar-refractivity contribution < 1.29 is 4.74 Å². The zero-order valence-electron chi connectivity index (χ0n) is 12.1. The fourth-order valence-corrected chi connectivity index (χ4v) is 3.65. The Morgan fingerprint density at radius 1 is 1.42 bits per heavy atom. The molecular formula is C17H23BrO. The van der Waals surface area contributed by atoms with Crippen LogP contribution in [0.1, 0.15) is 38.7 Å². The lowest BCUT2D eigenvalue weighted by atomic mass is 9.65. The molecule has 19 heavy (non-hydrogen) atoms. The van der Waals surface area contributed by atoms with Gasteiger partial charge in [0.15, 0.2) is 0 Å². The lowest BCUT2D eigenvalue weighted by Crippen LogP contribution is -2.31.